The number of benzene rings is 3. The zero-order valence-corrected chi connectivity index (χ0v) is 24.3. The van der Waals surface area contributed by atoms with Crippen molar-refractivity contribution in [2.24, 2.45) is 0 Å². The molecule has 0 aliphatic carbocycles. The Morgan fingerprint density at radius 2 is 1.64 bits per heavy atom. The van der Waals surface area contributed by atoms with E-state index in [0.717, 1.165) is 29.8 Å². The van der Waals surface area contributed by atoms with E-state index >= 15 is 0 Å². The van der Waals surface area contributed by atoms with E-state index in [9.17, 15) is 9.59 Å². The predicted octanol–water partition coefficient (Wildman–Crippen LogP) is 6.86. The fraction of sp³-hybridized carbons (Fsp3) is 0.281. The Morgan fingerprint density at radius 3 is 2.31 bits per heavy atom. The van der Waals surface area contributed by atoms with Gasteiger partial charge in [0.25, 0.3) is 0 Å². The third-order valence-electron chi connectivity index (χ3n) is 6.88. The van der Waals surface area contributed by atoms with E-state index in [2.05, 4.69) is 39.7 Å². The van der Waals surface area contributed by atoms with E-state index in [1.54, 1.807) is 37.6 Å². The van der Waals surface area contributed by atoms with E-state index in [1.807, 2.05) is 55.5 Å². The summed E-state index contributed by atoms with van der Waals surface area (Å²) < 4.78 is 16.7. The molecule has 0 spiro atoms. The average Bonchev–Trinajstić information content (AvgIpc) is 3.54. The number of hydrogen-bond acceptors (Lipinski definition) is 7. The van der Waals surface area contributed by atoms with E-state index in [-0.39, 0.29) is 6.04 Å². The SMILES string of the molecule is CCN(CC)C[C@@H](OC(=O)NC(C)c1cccc(NC(=O)Nc2ccc(-c3cnco3)c(OC)c2)c1)c1ccccc1. The summed E-state index contributed by atoms with van der Waals surface area (Å²) >= 11 is 0. The molecule has 0 radical (unpaired) electrons. The highest BCUT2D eigenvalue weighted by Crippen LogP contribution is 2.32. The summed E-state index contributed by atoms with van der Waals surface area (Å²) in [4.78, 5) is 31.8. The number of alkyl carbamates (subject to hydrolysis) is 1. The standard InChI is InChI=1S/C32H37N5O5/c1-5-37(6-2)20-30(23-11-8-7-9-12-23)42-32(39)34-22(3)24-13-10-14-25(17-24)35-31(38)36-26-15-16-27(28(18-26)40-4)29-19-33-21-41-29/h7-19,21-22,30H,5-6,20H2,1-4H3,(H,34,39)(H2,35,36,38)/t22?,30-/m1/s1. The highest BCUT2D eigenvalue weighted by molar-refractivity contribution is 6.00. The molecule has 0 aliphatic rings. The van der Waals surface area contributed by atoms with Crippen LogP contribution in [0, 0.1) is 0 Å². The number of nitrogens with zero attached hydrogens (tertiary/aromatic N) is 2. The first kappa shape index (κ1) is 30.1. The van der Waals surface area contributed by atoms with Gasteiger partial charge >= 0.3 is 12.1 Å². The molecule has 0 aliphatic heterocycles. The lowest BCUT2D eigenvalue weighted by Crippen LogP contribution is -2.34. The second kappa shape index (κ2) is 14.7. The summed E-state index contributed by atoms with van der Waals surface area (Å²) in [5, 5.41) is 8.57. The van der Waals surface area contributed by atoms with Crippen LogP contribution in [-0.2, 0) is 4.74 Å². The van der Waals surface area contributed by atoms with Gasteiger partial charge in [0, 0.05) is 24.0 Å². The van der Waals surface area contributed by atoms with Crippen LogP contribution in [-0.4, -0.2) is 48.8 Å². The van der Waals surface area contributed by atoms with Crippen LogP contribution in [0.5, 0.6) is 5.75 Å². The van der Waals surface area contributed by atoms with Crippen LogP contribution in [0.2, 0.25) is 0 Å². The van der Waals surface area contributed by atoms with Crippen molar-refractivity contribution >= 4 is 23.5 Å². The molecule has 1 heterocycles. The van der Waals surface area contributed by atoms with Crippen LogP contribution in [0.4, 0.5) is 21.0 Å². The minimum atomic E-state index is -0.512. The van der Waals surface area contributed by atoms with E-state index in [1.165, 1.54) is 6.39 Å². The van der Waals surface area contributed by atoms with Crippen molar-refractivity contribution in [1.82, 2.24) is 15.2 Å². The predicted molar refractivity (Wildman–Crippen MR) is 163 cm³/mol. The zero-order valence-electron chi connectivity index (χ0n) is 24.3. The molecule has 0 saturated carbocycles. The van der Waals surface area contributed by atoms with Crippen LogP contribution in [0.1, 0.15) is 44.0 Å². The first-order valence-corrected chi connectivity index (χ1v) is 13.9. The van der Waals surface area contributed by atoms with Gasteiger partial charge in [-0.1, -0.05) is 56.3 Å². The second-order valence-corrected chi connectivity index (χ2v) is 9.64. The van der Waals surface area contributed by atoms with Crippen molar-refractivity contribution in [2.75, 3.05) is 37.4 Å². The lowest BCUT2D eigenvalue weighted by molar-refractivity contribution is 0.0700. The Bertz CT molecular complexity index is 1440. The number of rotatable bonds is 12. The highest BCUT2D eigenvalue weighted by atomic mass is 16.6. The average molecular weight is 572 g/mol. The maximum absolute atomic E-state index is 12.9. The van der Waals surface area contributed by atoms with Crippen molar-refractivity contribution in [2.45, 2.75) is 32.9 Å². The van der Waals surface area contributed by atoms with Gasteiger partial charge in [0.15, 0.2) is 12.2 Å². The van der Waals surface area contributed by atoms with Crippen molar-refractivity contribution in [3.63, 3.8) is 0 Å². The Hall–Kier alpha value is -4.83. The van der Waals surface area contributed by atoms with E-state index in [4.69, 9.17) is 13.9 Å². The molecule has 2 atom stereocenters. The number of amides is 3. The van der Waals surface area contributed by atoms with Gasteiger partial charge < -0.3 is 29.8 Å². The van der Waals surface area contributed by atoms with Gasteiger partial charge in [0.05, 0.1) is 24.9 Å². The molecule has 0 bridgehead atoms. The molecule has 220 valence electrons. The van der Waals surface area contributed by atoms with Crippen LogP contribution < -0.4 is 20.7 Å². The van der Waals surface area contributed by atoms with Gasteiger partial charge in [-0.3, -0.25) is 4.90 Å². The molecule has 3 amide bonds. The highest BCUT2D eigenvalue weighted by Gasteiger charge is 2.21. The molecule has 42 heavy (non-hydrogen) atoms. The van der Waals surface area contributed by atoms with Crippen LogP contribution in [0.3, 0.4) is 0 Å². The first-order chi connectivity index (χ1) is 20.4. The van der Waals surface area contributed by atoms with E-state index < -0.39 is 18.2 Å². The molecule has 0 saturated heterocycles. The number of aromatic nitrogens is 1. The Labute approximate surface area is 246 Å². The topological polar surface area (TPSA) is 118 Å². The molecule has 3 aromatic carbocycles. The minimum Gasteiger partial charge on any atom is -0.496 e. The van der Waals surface area contributed by atoms with Gasteiger partial charge in [0.2, 0.25) is 0 Å². The molecule has 3 N–H and O–H groups in total. The normalized spacial score (nSPS) is 12.3. The number of hydrogen-bond donors (Lipinski definition) is 3. The van der Waals surface area contributed by atoms with Crippen LogP contribution in [0.15, 0.2) is 89.8 Å². The van der Waals surface area contributed by atoms with Gasteiger partial charge in [0.1, 0.15) is 11.9 Å². The van der Waals surface area contributed by atoms with Crippen molar-refractivity contribution < 1.29 is 23.5 Å². The molecular weight excluding hydrogens is 534 g/mol. The number of carbonyl (C=O) groups is 2. The third kappa shape index (κ3) is 8.11. The molecule has 10 heteroatoms. The first-order valence-electron chi connectivity index (χ1n) is 13.9. The minimum absolute atomic E-state index is 0.361. The number of urea groups is 1. The monoisotopic (exact) mass is 571 g/mol. The molecular formula is C32H37N5O5. The van der Waals surface area contributed by atoms with Crippen LogP contribution in [0.25, 0.3) is 11.3 Å². The number of likely N-dealkylation sites (N-methyl/N-ethyl adjacent to an activating group) is 1. The second-order valence-electron chi connectivity index (χ2n) is 9.64. The van der Waals surface area contributed by atoms with Crippen molar-refractivity contribution in [3.05, 3.63) is 96.5 Å². The number of carbonyl (C=O) groups excluding carboxylic acids is 2. The Kier molecular flexibility index (Phi) is 10.5. The molecule has 1 aromatic heterocycles. The number of anilines is 2. The fourth-order valence-corrected chi connectivity index (χ4v) is 4.52. The number of oxazole rings is 1. The smallest absolute Gasteiger partial charge is 0.408 e. The fourth-order valence-electron chi connectivity index (χ4n) is 4.52. The van der Waals surface area contributed by atoms with E-state index in [0.29, 0.717) is 29.4 Å². The summed E-state index contributed by atoms with van der Waals surface area (Å²) in [5.41, 5.74) is 3.58. The van der Waals surface area contributed by atoms with Gasteiger partial charge in [-0.15, -0.1) is 0 Å². The number of ether oxygens (including phenoxy) is 2. The van der Waals surface area contributed by atoms with Crippen molar-refractivity contribution in [1.29, 1.82) is 0 Å². The lowest BCUT2D eigenvalue weighted by atomic mass is 10.1. The van der Waals surface area contributed by atoms with Crippen molar-refractivity contribution in [3.8, 4) is 17.1 Å². The summed E-state index contributed by atoms with van der Waals surface area (Å²) in [6.45, 7) is 8.35. The van der Waals surface area contributed by atoms with Gasteiger partial charge in [-0.05, 0) is 55.4 Å². The zero-order chi connectivity index (χ0) is 29.9. The maximum Gasteiger partial charge on any atom is 0.408 e. The Morgan fingerprint density at radius 1 is 0.929 bits per heavy atom. The lowest BCUT2D eigenvalue weighted by Gasteiger charge is -2.26. The molecule has 4 rings (SSSR count). The summed E-state index contributed by atoms with van der Waals surface area (Å²) in [5.74, 6) is 1.09. The van der Waals surface area contributed by atoms with Gasteiger partial charge in [-0.25, -0.2) is 14.6 Å². The Balaban J connectivity index is 1.36. The molecule has 4 aromatic rings. The summed E-state index contributed by atoms with van der Waals surface area (Å²) in [7, 11) is 1.54. The largest absolute Gasteiger partial charge is 0.496 e. The molecule has 0 fully saturated rings. The number of nitrogens with one attached hydrogen (secondary N) is 3. The van der Waals surface area contributed by atoms with Crippen LogP contribution >= 0.6 is 0 Å². The summed E-state index contributed by atoms with van der Waals surface area (Å²) in [6, 6.07) is 21.5. The maximum atomic E-state index is 12.9. The third-order valence-corrected chi connectivity index (χ3v) is 6.88. The molecule has 1 unspecified atom stereocenters. The molecule has 10 nitrogen and oxygen atoms in total. The van der Waals surface area contributed by atoms with Gasteiger partial charge in [-0.2, -0.15) is 0 Å². The number of methoxy groups -OCH3 is 1. The quantitative estimate of drug-likeness (QED) is 0.170. The summed E-state index contributed by atoms with van der Waals surface area (Å²) in [6.07, 6.45) is 2.02.